The van der Waals surface area contributed by atoms with Gasteiger partial charge >= 0.3 is 6.09 Å². The largest absolute Gasteiger partial charge is 0.443 e. The summed E-state index contributed by atoms with van der Waals surface area (Å²) in [5, 5.41) is 12.8. The van der Waals surface area contributed by atoms with Crippen molar-refractivity contribution in [1.82, 2.24) is 5.32 Å². The molecule has 0 spiro atoms. The standard InChI is InChI=1S/C17H22ClNO5/c18-9-14(20)13(8-11-4-2-1-3-5-11)19-17(21)24-15-10-23-16-12(15)6-7-22-16/h1-5,12-16,20H,6-10H2,(H,19,21)/t12-,13-,14+,15-,16+/m0/s1. The maximum atomic E-state index is 12.2. The molecule has 1 aromatic rings. The van der Waals surface area contributed by atoms with E-state index in [9.17, 15) is 9.90 Å². The number of nitrogens with one attached hydrogen (secondary N) is 1. The molecule has 0 aliphatic carbocycles. The second-order valence-corrected chi connectivity index (χ2v) is 6.44. The molecular weight excluding hydrogens is 334 g/mol. The molecule has 2 N–H and O–H groups in total. The quantitative estimate of drug-likeness (QED) is 0.759. The number of rotatable bonds is 6. The number of alkyl carbamates (subject to hydrolysis) is 1. The van der Waals surface area contributed by atoms with Gasteiger partial charge in [-0.2, -0.15) is 0 Å². The third-order valence-electron chi connectivity index (χ3n) is 4.47. The summed E-state index contributed by atoms with van der Waals surface area (Å²) in [4.78, 5) is 12.2. The molecule has 0 bridgehead atoms. The SMILES string of the molecule is O=C(N[C@@H](Cc1ccccc1)[C@H](O)CCl)O[C@H]1CO[C@H]2OCC[C@H]21. The monoisotopic (exact) mass is 355 g/mol. The van der Waals surface area contributed by atoms with Crippen LogP contribution in [0.4, 0.5) is 4.79 Å². The summed E-state index contributed by atoms with van der Waals surface area (Å²) >= 11 is 5.76. The number of aliphatic hydroxyl groups excluding tert-OH is 1. The second kappa shape index (κ2) is 8.16. The molecular formula is C17H22ClNO5. The lowest BCUT2D eigenvalue weighted by molar-refractivity contribution is -0.0907. The second-order valence-electron chi connectivity index (χ2n) is 6.13. The molecule has 24 heavy (non-hydrogen) atoms. The van der Waals surface area contributed by atoms with E-state index in [-0.39, 0.29) is 24.2 Å². The van der Waals surface area contributed by atoms with Crippen molar-refractivity contribution in [2.45, 2.75) is 37.4 Å². The first kappa shape index (κ1) is 17.5. The predicted octanol–water partition coefficient (Wildman–Crippen LogP) is 1.69. The zero-order valence-corrected chi connectivity index (χ0v) is 14.0. The fraction of sp³-hybridized carbons (Fsp3) is 0.588. The van der Waals surface area contributed by atoms with Crippen molar-refractivity contribution < 1.29 is 24.1 Å². The Morgan fingerprint density at radius 3 is 2.92 bits per heavy atom. The van der Waals surface area contributed by atoms with Gasteiger partial charge < -0.3 is 24.6 Å². The summed E-state index contributed by atoms with van der Waals surface area (Å²) in [5.41, 5.74) is 1.00. The molecule has 2 fully saturated rings. The topological polar surface area (TPSA) is 77.0 Å². The summed E-state index contributed by atoms with van der Waals surface area (Å²) in [6, 6.07) is 9.09. The zero-order chi connectivity index (χ0) is 16.9. The number of halogens is 1. The summed E-state index contributed by atoms with van der Waals surface area (Å²) in [6.45, 7) is 0.961. The van der Waals surface area contributed by atoms with Crippen molar-refractivity contribution in [2.75, 3.05) is 19.1 Å². The highest BCUT2D eigenvalue weighted by atomic mass is 35.5. The van der Waals surface area contributed by atoms with E-state index < -0.39 is 18.2 Å². The average molecular weight is 356 g/mol. The third kappa shape index (κ3) is 4.19. The highest BCUT2D eigenvalue weighted by Gasteiger charge is 2.44. The first-order valence-electron chi connectivity index (χ1n) is 8.15. The normalized spacial score (nSPS) is 28.2. The van der Waals surface area contributed by atoms with Gasteiger partial charge in [-0.25, -0.2) is 4.79 Å². The first-order valence-corrected chi connectivity index (χ1v) is 8.69. The maximum absolute atomic E-state index is 12.2. The van der Waals surface area contributed by atoms with Gasteiger partial charge in [0.05, 0.1) is 37.2 Å². The molecule has 1 aromatic carbocycles. The van der Waals surface area contributed by atoms with Gasteiger partial charge in [-0.15, -0.1) is 11.6 Å². The minimum Gasteiger partial charge on any atom is -0.443 e. The average Bonchev–Trinajstić information content (AvgIpc) is 3.19. The van der Waals surface area contributed by atoms with E-state index in [4.69, 9.17) is 25.8 Å². The lowest BCUT2D eigenvalue weighted by Gasteiger charge is -2.24. The van der Waals surface area contributed by atoms with Gasteiger partial charge in [0.1, 0.15) is 6.10 Å². The van der Waals surface area contributed by atoms with E-state index >= 15 is 0 Å². The molecule has 2 aliphatic heterocycles. The number of carbonyl (C=O) groups is 1. The van der Waals surface area contributed by atoms with E-state index in [2.05, 4.69) is 5.32 Å². The van der Waals surface area contributed by atoms with E-state index in [1.54, 1.807) is 0 Å². The molecule has 2 saturated heterocycles. The third-order valence-corrected chi connectivity index (χ3v) is 4.78. The molecule has 0 unspecified atom stereocenters. The van der Waals surface area contributed by atoms with Gasteiger partial charge in [-0.05, 0) is 18.4 Å². The molecule has 2 aliphatic rings. The summed E-state index contributed by atoms with van der Waals surface area (Å²) < 4.78 is 16.4. The van der Waals surface area contributed by atoms with E-state index in [0.717, 1.165) is 12.0 Å². The highest BCUT2D eigenvalue weighted by molar-refractivity contribution is 6.18. The minimum absolute atomic E-state index is 0.0306. The Bertz CT molecular complexity index is 543. The van der Waals surface area contributed by atoms with Gasteiger partial charge in [0.15, 0.2) is 6.29 Å². The van der Waals surface area contributed by atoms with Gasteiger partial charge in [0.2, 0.25) is 0 Å². The summed E-state index contributed by atoms with van der Waals surface area (Å²) in [7, 11) is 0. The Morgan fingerprint density at radius 2 is 2.17 bits per heavy atom. The number of benzene rings is 1. The number of carbonyl (C=O) groups excluding carboxylic acids is 1. The summed E-state index contributed by atoms with van der Waals surface area (Å²) in [5.74, 6) is 0.115. The van der Waals surface area contributed by atoms with Crippen LogP contribution in [-0.4, -0.2) is 54.8 Å². The molecule has 7 heteroatoms. The minimum atomic E-state index is -0.859. The predicted molar refractivity (Wildman–Crippen MR) is 87.9 cm³/mol. The van der Waals surface area contributed by atoms with Gasteiger partial charge in [-0.3, -0.25) is 0 Å². The molecule has 0 saturated carbocycles. The Hall–Kier alpha value is -1.34. The molecule has 3 rings (SSSR count). The zero-order valence-electron chi connectivity index (χ0n) is 13.3. The fourth-order valence-corrected chi connectivity index (χ4v) is 3.34. The van der Waals surface area contributed by atoms with E-state index in [1.807, 2.05) is 30.3 Å². The van der Waals surface area contributed by atoms with Crippen LogP contribution in [0.1, 0.15) is 12.0 Å². The van der Waals surface area contributed by atoms with Gasteiger partial charge in [-0.1, -0.05) is 30.3 Å². The number of alkyl halides is 1. The molecule has 2 heterocycles. The molecule has 132 valence electrons. The Morgan fingerprint density at radius 1 is 1.38 bits per heavy atom. The molecule has 1 amide bonds. The van der Waals surface area contributed by atoms with Crippen LogP contribution in [0.2, 0.25) is 0 Å². The van der Waals surface area contributed by atoms with Crippen LogP contribution in [-0.2, 0) is 20.6 Å². The van der Waals surface area contributed by atoms with Crippen molar-refractivity contribution in [2.24, 2.45) is 5.92 Å². The van der Waals surface area contributed by atoms with Crippen LogP contribution >= 0.6 is 11.6 Å². The molecule has 5 atom stereocenters. The highest BCUT2D eigenvalue weighted by Crippen LogP contribution is 2.32. The number of fused-ring (bicyclic) bond motifs is 1. The van der Waals surface area contributed by atoms with Crippen LogP contribution in [0.25, 0.3) is 0 Å². The van der Waals surface area contributed by atoms with Crippen LogP contribution in [0, 0.1) is 5.92 Å². The van der Waals surface area contributed by atoms with Crippen molar-refractivity contribution >= 4 is 17.7 Å². The fourth-order valence-electron chi connectivity index (χ4n) is 3.13. The van der Waals surface area contributed by atoms with Crippen LogP contribution in [0.3, 0.4) is 0 Å². The van der Waals surface area contributed by atoms with Crippen molar-refractivity contribution in [3.8, 4) is 0 Å². The Kier molecular flexibility index (Phi) is 5.94. The van der Waals surface area contributed by atoms with Crippen molar-refractivity contribution in [1.29, 1.82) is 0 Å². The van der Waals surface area contributed by atoms with Gasteiger partial charge in [0, 0.05) is 0 Å². The number of amides is 1. The lowest BCUT2D eigenvalue weighted by atomic mass is 10.0. The van der Waals surface area contributed by atoms with Crippen LogP contribution in [0.15, 0.2) is 30.3 Å². The van der Waals surface area contributed by atoms with Crippen molar-refractivity contribution in [3.63, 3.8) is 0 Å². The molecule has 0 aromatic heterocycles. The maximum Gasteiger partial charge on any atom is 0.407 e. The molecule has 0 radical (unpaired) electrons. The number of hydrogen-bond acceptors (Lipinski definition) is 5. The Balaban J connectivity index is 1.56. The van der Waals surface area contributed by atoms with Gasteiger partial charge in [0.25, 0.3) is 0 Å². The Labute approximate surface area is 146 Å². The lowest BCUT2D eigenvalue weighted by Crippen LogP contribution is -2.47. The van der Waals surface area contributed by atoms with E-state index in [0.29, 0.717) is 19.6 Å². The summed E-state index contributed by atoms with van der Waals surface area (Å²) in [6.07, 6.45) is -0.719. The van der Waals surface area contributed by atoms with Crippen LogP contribution < -0.4 is 5.32 Å². The first-order chi connectivity index (χ1) is 11.7. The van der Waals surface area contributed by atoms with E-state index in [1.165, 1.54) is 0 Å². The smallest absolute Gasteiger partial charge is 0.407 e. The number of aliphatic hydroxyl groups is 1. The molecule has 6 nitrogen and oxygen atoms in total. The number of hydrogen-bond donors (Lipinski definition) is 2. The number of ether oxygens (including phenoxy) is 3. The van der Waals surface area contributed by atoms with Crippen LogP contribution in [0.5, 0.6) is 0 Å². The van der Waals surface area contributed by atoms with Crippen molar-refractivity contribution in [3.05, 3.63) is 35.9 Å².